The van der Waals surface area contributed by atoms with Crippen molar-refractivity contribution in [2.45, 2.75) is 77.8 Å². The van der Waals surface area contributed by atoms with Crippen molar-refractivity contribution in [3.63, 3.8) is 0 Å². The molecule has 1 aliphatic carbocycles. The molecular weight excluding hydrogens is 220 g/mol. The first-order valence-electron chi connectivity index (χ1n) is 8.12. The molecule has 1 aliphatic heterocycles. The Morgan fingerprint density at radius 3 is 2.33 bits per heavy atom. The molecule has 1 N–H and O–H groups in total. The SMILES string of the molecule is CCNC1C(N2CCCCCC2)CCCC1(C)C. The zero-order valence-electron chi connectivity index (χ0n) is 12.7. The van der Waals surface area contributed by atoms with Crippen molar-refractivity contribution in [1.29, 1.82) is 0 Å². The first-order chi connectivity index (χ1) is 8.65. The molecule has 2 unspecified atom stereocenters. The minimum Gasteiger partial charge on any atom is -0.312 e. The van der Waals surface area contributed by atoms with E-state index in [0.29, 0.717) is 11.5 Å². The molecule has 2 atom stereocenters. The molecule has 2 fully saturated rings. The molecule has 0 spiro atoms. The molecule has 2 aliphatic rings. The van der Waals surface area contributed by atoms with E-state index >= 15 is 0 Å². The molecule has 0 aromatic heterocycles. The van der Waals surface area contributed by atoms with Crippen LogP contribution in [-0.4, -0.2) is 36.6 Å². The van der Waals surface area contributed by atoms with Crippen LogP contribution in [0.1, 0.15) is 65.7 Å². The second kappa shape index (κ2) is 6.38. The minimum absolute atomic E-state index is 0.464. The van der Waals surface area contributed by atoms with Crippen LogP contribution in [0.15, 0.2) is 0 Å². The first kappa shape index (κ1) is 14.3. The van der Waals surface area contributed by atoms with Crippen molar-refractivity contribution < 1.29 is 0 Å². The summed E-state index contributed by atoms with van der Waals surface area (Å²) in [5, 5.41) is 3.80. The van der Waals surface area contributed by atoms with Gasteiger partial charge in [0.15, 0.2) is 0 Å². The Kier molecular flexibility index (Phi) is 5.08. The van der Waals surface area contributed by atoms with Crippen molar-refractivity contribution in [3.8, 4) is 0 Å². The highest BCUT2D eigenvalue weighted by atomic mass is 15.2. The summed E-state index contributed by atoms with van der Waals surface area (Å²) >= 11 is 0. The zero-order valence-corrected chi connectivity index (χ0v) is 12.7. The molecule has 0 aromatic rings. The van der Waals surface area contributed by atoms with E-state index in [4.69, 9.17) is 0 Å². The predicted octanol–water partition coefficient (Wildman–Crippen LogP) is 3.42. The molecule has 1 heterocycles. The molecule has 1 saturated heterocycles. The molecule has 106 valence electrons. The van der Waals surface area contributed by atoms with Crippen LogP contribution in [-0.2, 0) is 0 Å². The van der Waals surface area contributed by atoms with Crippen LogP contribution >= 0.6 is 0 Å². The van der Waals surface area contributed by atoms with Crippen LogP contribution in [0.25, 0.3) is 0 Å². The fourth-order valence-corrected chi connectivity index (χ4v) is 4.06. The summed E-state index contributed by atoms with van der Waals surface area (Å²) < 4.78 is 0. The minimum atomic E-state index is 0.464. The van der Waals surface area contributed by atoms with E-state index in [0.717, 1.165) is 12.6 Å². The third-order valence-corrected chi connectivity index (χ3v) is 5.08. The van der Waals surface area contributed by atoms with Crippen molar-refractivity contribution >= 4 is 0 Å². The molecule has 2 nitrogen and oxygen atoms in total. The largest absolute Gasteiger partial charge is 0.312 e. The van der Waals surface area contributed by atoms with Gasteiger partial charge >= 0.3 is 0 Å². The summed E-state index contributed by atoms with van der Waals surface area (Å²) in [6.07, 6.45) is 9.91. The number of hydrogen-bond donors (Lipinski definition) is 1. The van der Waals surface area contributed by atoms with Gasteiger partial charge < -0.3 is 5.32 Å². The Balaban J connectivity index is 2.07. The Labute approximate surface area is 114 Å². The van der Waals surface area contributed by atoms with Gasteiger partial charge in [0.25, 0.3) is 0 Å². The molecule has 2 heteroatoms. The lowest BCUT2D eigenvalue weighted by atomic mass is 9.70. The van der Waals surface area contributed by atoms with E-state index < -0.39 is 0 Å². The maximum atomic E-state index is 3.80. The molecule has 1 saturated carbocycles. The summed E-state index contributed by atoms with van der Waals surface area (Å²) in [6, 6.07) is 1.47. The summed E-state index contributed by atoms with van der Waals surface area (Å²) in [4.78, 5) is 2.81. The zero-order chi connectivity index (χ0) is 13.0. The van der Waals surface area contributed by atoms with Gasteiger partial charge in [-0.25, -0.2) is 0 Å². The van der Waals surface area contributed by atoms with Gasteiger partial charge in [-0.15, -0.1) is 0 Å². The molecule has 0 bridgehead atoms. The second-order valence-electron chi connectivity index (χ2n) is 6.93. The van der Waals surface area contributed by atoms with Crippen molar-refractivity contribution in [3.05, 3.63) is 0 Å². The van der Waals surface area contributed by atoms with Crippen LogP contribution in [0, 0.1) is 5.41 Å². The smallest absolute Gasteiger partial charge is 0.0274 e. The van der Waals surface area contributed by atoms with Crippen LogP contribution in [0.4, 0.5) is 0 Å². The Morgan fingerprint density at radius 2 is 1.72 bits per heavy atom. The number of rotatable bonds is 3. The highest BCUT2D eigenvalue weighted by Crippen LogP contribution is 2.38. The van der Waals surface area contributed by atoms with Gasteiger partial charge in [0.1, 0.15) is 0 Å². The van der Waals surface area contributed by atoms with Gasteiger partial charge in [0.05, 0.1) is 0 Å². The van der Waals surface area contributed by atoms with Gasteiger partial charge in [0, 0.05) is 12.1 Å². The lowest BCUT2D eigenvalue weighted by Gasteiger charge is -2.48. The lowest BCUT2D eigenvalue weighted by molar-refractivity contribution is 0.0509. The summed E-state index contributed by atoms with van der Waals surface area (Å²) in [5.41, 5.74) is 0.464. The third kappa shape index (κ3) is 3.27. The molecule has 2 rings (SSSR count). The topological polar surface area (TPSA) is 15.3 Å². The Bertz CT molecular complexity index is 241. The predicted molar refractivity (Wildman–Crippen MR) is 78.9 cm³/mol. The molecular formula is C16H32N2. The quantitative estimate of drug-likeness (QED) is 0.828. The summed E-state index contributed by atoms with van der Waals surface area (Å²) in [5.74, 6) is 0. The number of hydrogen-bond acceptors (Lipinski definition) is 2. The number of nitrogens with zero attached hydrogens (tertiary/aromatic N) is 1. The second-order valence-corrected chi connectivity index (χ2v) is 6.93. The Hall–Kier alpha value is -0.0800. The molecule has 0 amide bonds. The normalized spacial score (nSPS) is 34.2. The highest BCUT2D eigenvalue weighted by molar-refractivity contribution is 4.98. The number of likely N-dealkylation sites (N-methyl/N-ethyl adjacent to an activating group) is 1. The van der Waals surface area contributed by atoms with Gasteiger partial charge in [0.2, 0.25) is 0 Å². The van der Waals surface area contributed by atoms with Crippen molar-refractivity contribution in [2.75, 3.05) is 19.6 Å². The average molecular weight is 252 g/mol. The van der Waals surface area contributed by atoms with Crippen LogP contribution in [0.5, 0.6) is 0 Å². The van der Waals surface area contributed by atoms with E-state index in [1.807, 2.05) is 0 Å². The Morgan fingerprint density at radius 1 is 1.06 bits per heavy atom. The molecule has 18 heavy (non-hydrogen) atoms. The van der Waals surface area contributed by atoms with Crippen molar-refractivity contribution in [2.24, 2.45) is 5.41 Å². The maximum absolute atomic E-state index is 3.80. The fraction of sp³-hybridized carbons (Fsp3) is 1.00. The van der Waals surface area contributed by atoms with E-state index in [-0.39, 0.29) is 0 Å². The summed E-state index contributed by atoms with van der Waals surface area (Å²) in [7, 11) is 0. The average Bonchev–Trinajstić information content (AvgIpc) is 2.60. The highest BCUT2D eigenvalue weighted by Gasteiger charge is 2.40. The number of likely N-dealkylation sites (tertiary alicyclic amines) is 1. The van der Waals surface area contributed by atoms with E-state index in [9.17, 15) is 0 Å². The summed E-state index contributed by atoms with van der Waals surface area (Å²) in [6.45, 7) is 11.0. The van der Waals surface area contributed by atoms with E-state index in [1.165, 1.54) is 58.0 Å². The number of nitrogens with one attached hydrogen (secondary N) is 1. The van der Waals surface area contributed by atoms with E-state index in [1.54, 1.807) is 0 Å². The van der Waals surface area contributed by atoms with E-state index in [2.05, 4.69) is 31.0 Å². The lowest BCUT2D eigenvalue weighted by Crippen LogP contribution is -2.59. The first-order valence-corrected chi connectivity index (χ1v) is 8.12. The fourth-order valence-electron chi connectivity index (χ4n) is 4.06. The van der Waals surface area contributed by atoms with Crippen LogP contribution < -0.4 is 5.32 Å². The maximum Gasteiger partial charge on any atom is 0.0274 e. The molecule has 0 aromatic carbocycles. The van der Waals surface area contributed by atoms with Gasteiger partial charge in [-0.05, 0) is 50.7 Å². The van der Waals surface area contributed by atoms with Crippen LogP contribution in [0.2, 0.25) is 0 Å². The van der Waals surface area contributed by atoms with Crippen LogP contribution in [0.3, 0.4) is 0 Å². The van der Waals surface area contributed by atoms with Gasteiger partial charge in [-0.3, -0.25) is 4.90 Å². The monoisotopic (exact) mass is 252 g/mol. The standard InChI is InChI=1S/C16H32N2/c1-4-17-15-14(10-9-11-16(15,2)3)18-12-7-5-6-8-13-18/h14-15,17H,4-13H2,1-3H3. The van der Waals surface area contributed by atoms with Gasteiger partial charge in [-0.1, -0.05) is 40.0 Å². The van der Waals surface area contributed by atoms with Crippen molar-refractivity contribution in [1.82, 2.24) is 10.2 Å². The van der Waals surface area contributed by atoms with Gasteiger partial charge in [-0.2, -0.15) is 0 Å². The third-order valence-electron chi connectivity index (χ3n) is 5.08. The molecule has 0 radical (unpaired) electrons.